The lowest BCUT2D eigenvalue weighted by atomic mass is 10.2. The second kappa shape index (κ2) is 5.61. The summed E-state index contributed by atoms with van der Waals surface area (Å²) in [5.74, 6) is 0.539. The number of aliphatic imine (C=N–C) groups is 1. The molecule has 82 valence electrons. The Bertz CT molecular complexity index is 349. The maximum atomic E-state index is 6.04. The van der Waals surface area contributed by atoms with Gasteiger partial charge in [-0.15, -0.1) is 0 Å². The van der Waals surface area contributed by atoms with Crippen LogP contribution in [0.5, 0.6) is 0 Å². The van der Waals surface area contributed by atoms with E-state index in [1.165, 1.54) is 0 Å². The summed E-state index contributed by atoms with van der Waals surface area (Å²) in [5, 5.41) is 0.758. The maximum Gasteiger partial charge on any atom is 0.191 e. The Labute approximate surface area is 95.6 Å². The van der Waals surface area contributed by atoms with Crippen molar-refractivity contribution in [2.24, 2.45) is 10.7 Å². The van der Waals surface area contributed by atoms with Crippen LogP contribution in [-0.2, 0) is 6.54 Å². The fourth-order valence-electron chi connectivity index (χ4n) is 1.25. The topological polar surface area (TPSA) is 41.6 Å². The van der Waals surface area contributed by atoms with Gasteiger partial charge in [0.2, 0.25) is 0 Å². The van der Waals surface area contributed by atoms with E-state index in [4.69, 9.17) is 17.3 Å². The Hall–Kier alpha value is -1.22. The molecule has 0 amide bonds. The zero-order valence-electron chi connectivity index (χ0n) is 9.07. The molecule has 15 heavy (non-hydrogen) atoms. The molecule has 0 unspecified atom stereocenters. The van der Waals surface area contributed by atoms with Crippen LogP contribution < -0.4 is 5.73 Å². The molecule has 0 spiro atoms. The minimum atomic E-state index is 0.539. The second-order valence-corrected chi connectivity index (χ2v) is 3.69. The summed E-state index contributed by atoms with van der Waals surface area (Å²) >= 11 is 6.04. The van der Waals surface area contributed by atoms with E-state index >= 15 is 0 Å². The summed E-state index contributed by atoms with van der Waals surface area (Å²) in [7, 11) is 1.90. The summed E-state index contributed by atoms with van der Waals surface area (Å²) < 4.78 is 0. The van der Waals surface area contributed by atoms with Crippen LogP contribution in [0.4, 0.5) is 0 Å². The van der Waals surface area contributed by atoms with E-state index < -0.39 is 0 Å². The van der Waals surface area contributed by atoms with Gasteiger partial charge in [0, 0.05) is 25.2 Å². The standard InChI is InChI=1S/C11H16ClN3/c1-3-14-11(13)15(2)8-9-6-4-5-7-10(9)12/h4-7H,3,8H2,1-2H3,(H2,13,14). The second-order valence-electron chi connectivity index (χ2n) is 3.28. The van der Waals surface area contributed by atoms with Crippen LogP contribution in [0.25, 0.3) is 0 Å². The lowest BCUT2D eigenvalue weighted by Gasteiger charge is -2.18. The Balaban J connectivity index is 2.70. The lowest BCUT2D eigenvalue weighted by Crippen LogP contribution is -2.33. The normalized spacial score (nSPS) is 11.5. The van der Waals surface area contributed by atoms with E-state index in [1.807, 2.05) is 43.1 Å². The molecule has 0 heterocycles. The molecule has 1 aromatic rings. The van der Waals surface area contributed by atoms with Crippen LogP contribution in [-0.4, -0.2) is 24.5 Å². The van der Waals surface area contributed by atoms with Crippen molar-refractivity contribution in [1.82, 2.24) is 4.90 Å². The molecule has 0 aliphatic rings. The van der Waals surface area contributed by atoms with Gasteiger partial charge in [-0.25, -0.2) is 0 Å². The van der Waals surface area contributed by atoms with Crippen LogP contribution in [0.3, 0.4) is 0 Å². The van der Waals surface area contributed by atoms with E-state index in [-0.39, 0.29) is 0 Å². The minimum Gasteiger partial charge on any atom is -0.370 e. The van der Waals surface area contributed by atoms with Gasteiger partial charge in [-0.1, -0.05) is 29.8 Å². The van der Waals surface area contributed by atoms with Crippen LogP contribution in [0.2, 0.25) is 5.02 Å². The smallest absolute Gasteiger partial charge is 0.191 e. The first-order valence-electron chi connectivity index (χ1n) is 4.89. The van der Waals surface area contributed by atoms with Gasteiger partial charge in [0.1, 0.15) is 0 Å². The van der Waals surface area contributed by atoms with Crippen molar-refractivity contribution in [2.75, 3.05) is 13.6 Å². The molecule has 1 rings (SSSR count). The molecule has 1 aromatic carbocycles. The average Bonchev–Trinajstić information content (AvgIpc) is 2.21. The number of nitrogens with zero attached hydrogens (tertiary/aromatic N) is 2. The van der Waals surface area contributed by atoms with Gasteiger partial charge in [0.15, 0.2) is 5.96 Å². The molecular formula is C11H16ClN3. The van der Waals surface area contributed by atoms with Gasteiger partial charge in [-0.2, -0.15) is 0 Å². The highest BCUT2D eigenvalue weighted by Gasteiger charge is 2.05. The summed E-state index contributed by atoms with van der Waals surface area (Å²) in [6, 6.07) is 7.73. The number of hydrogen-bond donors (Lipinski definition) is 1. The van der Waals surface area contributed by atoms with Gasteiger partial charge < -0.3 is 10.6 Å². The monoisotopic (exact) mass is 225 g/mol. The first-order chi connectivity index (χ1) is 7.15. The van der Waals surface area contributed by atoms with Crippen molar-refractivity contribution in [2.45, 2.75) is 13.5 Å². The van der Waals surface area contributed by atoms with Crippen LogP contribution in [0.15, 0.2) is 29.3 Å². The molecule has 0 radical (unpaired) electrons. The summed E-state index contributed by atoms with van der Waals surface area (Å²) in [6.45, 7) is 3.32. The number of guanidine groups is 1. The summed E-state index contributed by atoms with van der Waals surface area (Å²) in [6.07, 6.45) is 0. The third-order valence-electron chi connectivity index (χ3n) is 2.08. The fourth-order valence-corrected chi connectivity index (χ4v) is 1.44. The highest BCUT2D eigenvalue weighted by atomic mass is 35.5. The molecule has 0 saturated heterocycles. The van der Waals surface area contributed by atoms with Crippen LogP contribution in [0.1, 0.15) is 12.5 Å². The van der Waals surface area contributed by atoms with Gasteiger partial charge in [-0.05, 0) is 18.6 Å². The Morgan fingerprint density at radius 1 is 1.47 bits per heavy atom. The molecule has 0 aliphatic carbocycles. The zero-order valence-corrected chi connectivity index (χ0v) is 9.83. The average molecular weight is 226 g/mol. The van der Waals surface area contributed by atoms with Gasteiger partial charge in [0.05, 0.1) is 0 Å². The molecule has 4 heteroatoms. The first kappa shape index (κ1) is 11.9. The molecule has 0 saturated carbocycles. The summed E-state index contributed by atoms with van der Waals surface area (Å²) in [4.78, 5) is 6.01. The first-order valence-corrected chi connectivity index (χ1v) is 5.27. The van der Waals surface area contributed by atoms with Gasteiger partial charge >= 0.3 is 0 Å². The Kier molecular flexibility index (Phi) is 4.43. The molecule has 0 fully saturated rings. The molecule has 3 nitrogen and oxygen atoms in total. The maximum absolute atomic E-state index is 6.04. The quantitative estimate of drug-likeness (QED) is 0.633. The van der Waals surface area contributed by atoms with E-state index in [2.05, 4.69) is 4.99 Å². The van der Waals surface area contributed by atoms with Crippen molar-refractivity contribution >= 4 is 17.6 Å². The highest BCUT2D eigenvalue weighted by molar-refractivity contribution is 6.31. The Morgan fingerprint density at radius 2 is 2.13 bits per heavy atom. The van der Waals surface area contributed by atoms with Crippen molar-refractivity contribution < 1.29 is 0 Å². The SMILES string of the molecule is CCN=C(N)N(C)Cc1ccccc1Cl. The third kappa shape index (κ3) is 3.44. The molecular weight excluding hydrogens is 210 g/mol. The van der Waals surface area contributed by atoms with Crippen molar-refractivity contribution in [3.63, 3.8) is 0 Å². The molecule has 0 aromatic heterocycles. The van der Waals surface area contributed by atoms with Gasteiger partial charge in [-0.3, -0.25) is 4.99 Å². The molecule has 0 bridgehead atoms. The van der Waals surface area contributed by atoms with Crippen LogP contribution in [0, 0.1) is 0 Å². The molecule has 0 atom stereocenters. The molecule has 0 aliphatic heterocycles. The Morgan fingerprint density at radius 3 is 2.73 bits per heavy atom. The van der Waals surface area contributed by atoms with Gasteiger partial charge in [0.25, 0.3) is 0 Å². The number of rotatable bonds is 3. The highest BCUT2D eigenvalue weighted by Crippen LogP contribution is 2.16. The van der Waals surface area contributed by atoms with E-state index in [1.54, 1.807) is 0 Å². The van der Waals surface area contributed by atoms with Crippen molar-refractivity contribution in [3.05, 3.63) is 34.9 Å². The molecule has 2 N–H and O–H groups in total. The number of benzene rings is 1. The number of halogens is 1. The third-order valence-corrected chi connectivity index (χ3v) is 2.45. The zero-order chi connectivity index (χ0) is 11.3. The van der Waals surface area contributed by atoms with E-state index in [0.717, 1.165) is 10.6 Å². The van der Waals surface area contributed by atoms with E-state index in [9.17, 15) is 0 Å². The lowest BCUT2D eigenvalue weighted by molar-refractivity contribution is 0.492. The van der Waals surface area contributed by atoms with Crippen molar-refractivity contribution in [3.8, 4) is 0 Å². The fraction of sp³-hybridized carbons (Fsp3) is 0.364. The number of nitrogens with two attached hydrogens (primary N) is 1. The van der Waals surface area contributed by atoms with Crippen LogP contribution >= 0.6 is 11.6 Å². The predicted octanol–water partition coefficient (Wildman–Crippen LogP) is 2.11. The summed E-state index contributed by atoms with van der Waals surface area (Å²) in [5.41, 5.74) is 6.81. The van der Waals surface area contributed by atoms with Crippen molar-refractivity contribution in [1.29, 1.82) is 0 Å². The largest absolute Gasteiger partial charge is 0.370 e. The number of hydrogen-bond acceptors (Lipinski definition) is 1. The predicted molar refractivity (Wildman–Crippen MR) is 65.1 cm³/mol. The van der Waals surface area contributed by atoms with E-state index in [0.29, 0.717) is 19.0 Å². The minimum absolute atomic E-state index is 0.539.